The van der Waals surface area contributed by atoms with Gasteiger partial charge in [-0.2, -0.15) is 4.31 Å². The largest absolute Gasteiger partial charge is 0.493 e. The summed E-state index contributed by atoms with van der Waals surface area (Å²) < 4.78 is 65.2. The van der Waals surface area contributed by atoms with Gasteiger partial charge in [0.15, 0.2) is 11.5 Å². The van der Waals surface area contributed by atoms with Gasteiger partial charge in [-0.25, -0.2) is 17.2 Å². The van der Waals surface area contributed by atoms with Crippen LogP contribution in [0.1, 0.15) is 12.8 Å². The number of hydrogen-bond donors (Lipinski definition) is 1. The second kappa shape index (κ2) is 8.34. The number of hydrogen-bond acceptors (Lipinski definition) is 5. The van der Waals surface area contributed by atoms with E-state index in [9.17, 15) is 22.0 Å². The Labute approximate surface area is 167 Å². The number of carbonyl (C=O) groups excluding carboxylic acids is 1. The molecule has 2 aromatic carbocycles. The van der Waals surface area contributed by atoms with Crippen molar-refractivity contribution < 1.29 is 31.5 Å². The van der Waals surface area contributed by atoms with E-state index in [1.807, 2.05) is 0 Å². The summed E-state index contributed by atoms with van der Waals surface area (Å²) in [5, 5.41) is 2.18. The summed E-state index contributed by atoms with van der Waals surface area (Å²) in [6.07, 6.45) is 0.665. The molecule has 1 saturated heterocycles. The number of halogens is 2. The number of amides is 1. The van der Waals surface area contributed by atoms with E-state index in [1.165, 1.54) is 38.5 Å². The highest BCUT2D eigenvalue weighted by molar-refractivity contribution is 7.89. The predicted octanol–water partition coefficient (Wildman–Crippen LogP) is 2.77. The Morgan fingerprint density at radius 2 is 1.76 bits per heavy atom. The summed E-state index contributed by atoms with van der Waals surface area (Å²) in [7, 11) is -1.25. The predicted molar refractivity (Wildman–Crippen MR) is 101 cm³/mol. The fourth-order valence-electron chi connectivity index (χ4n) is 3.23. The Morgan fingerprint density at radius 3 is 2.38 bits per heavy atom. The quantitative estimate of drug-likeness (QED) is 0.768. The highest BCUT2D eigenvalue weighted by Gasteiger charge is 2.40. The molecule has 1 heterocycles. The normalized spacial score (nSPS) is 17.2. The SMILES string of the molecule is COc1ccc(S(=O)(=O)N2CCCC2C(=O)Nc2c(F)cccc2F)cc1OC. The minimum absolute atomic E-state index is 0.0769. The minimum atomic E-state index is -4.05. The molecule has 0 aromatic heterocycles. The van der Waals surface area contributed by atoms with E-state index >= 15 is 0 Å². The molecule has 1 aliphatic heterocycles. The number of carbonyl (C=O) groups is 1. The first-order chi connectivity index (χ1) is 13.8. The van der Waals surface area contributed by atoms with Crippen LogP contribution in [0.3, 0.4) is 0 Å². The number of para-hydroxylation sites is 1. The maximum absolute atomic E-state index is 13.8. The summed E-state index contributed by atoms with van der Waals surface area (Å²) >= 11 is 0. The highest BCUT2D eigenvalue weighted by atomic mass is 32.2. The van der Waals surface area contributed by atoms with Crippen LogP contribution in [0.4, 0.5) is 14.5 Å². The van der Waals surface area contributed by atoms with E-state index in [0.717, 1.165) is 16.4 Å². The van der Waals surface area contributed by atoms with Crippen LogP contribution in [0.2, 0.25) is 0 Å². The smallest absolute Gasteiger partial charge is 0.243 e. The number of methoxy groups -OCH3 is 2. The third kappa shape index (κ3) is 4.03. The summed E-state index contributed by atoms with van der Waals surface area (Å²) in [5.74, 6) is -2.09. The molecule has 3 rings (SSSR count). The lowest BCUT2D eigenvalue weighted by Gasteiger charge is -2.24. The van der Waals surface area contributed by atoms with Gasteiger partial charge in [0.05, 0.1) is 19.1 Å². The number of nitrogens with zero attached hydrogens (tertiary/aromatic N) is 1. The lowest BCUT2D eigenvalue weighted by molar-refractivity contribution is -0.119. The number of nitrogens with one attached hydrogen (secondary N) is 1. The maximum atomic E-state index is 13.8. The lowest BCUT2D eigenvalue weighted by atomic mass is 10.2. The van der Waals surface area contributed by atoms with E-state index in [-0.39, 0.29) is 23.6 Å². The van der Waals surface area contributed by atoms with Crippen molar-refractivity contribution in [3.8, 4) is 11.5 Å². The van der Waals surface area contributed by atoms with Crippen molar-refractivity contribution in [3.63, 3.8) is 0 Å². The van der Waals surface area contributed by atoms with Crippen LogP contribution in [0.25, 0.3) is 0 Å². The summed E-state index contributed by atoms with van der Waals surface area (Å²) in [6, 6.07) is 6.19. The molecule has 1 N–H and O–H groups in total. The molecule has 1 fully saturated rings. The molecule has 0 radical (unpaired) electrons. The average Bonchev–Trinajstić information content (AvgIpc) is 3.21. The topological polar surface area (TPSA) is 84.9 Å². The molecule has 1 aliphatic rings. The minimum Gasteiger partial charge on any atom is -0.493 e. The first-order valence-corrected chi connectivity index (χ1v) is 10.2. The van der Waals surface area contributed by atoms with E-state index in [2.05, 4.69) is 5.32 Å². The third-order valence-corrected chi connectivity index (χ3v) is 6.58. The molecule has 156 valence electrons. The third-order valence-electron chi connectivity index (χ3n) is 4.68. The number of sulfonamides is 1. The molecule has 0 aliphatic carbocycles. The van der Waals surface area contributed by atoms with Crippen LogP contribution in [0, 0.1) is 11.6 Å². The molecule has 0 spiro atoms. The zero-order chi connectivity index (χ0) is 21.2. The number of ether oxygens (including phenoxy) is 2. The van der Waals surface area contributed by atoms with Crippen LogP contribution in [0.15, 0.2) is 41.3 Å². The molecular formula is C19H20F2N2O5S. The molecular weight excluding hydrogens is 406 g/mol. The molecule has 1 amide bonds. The van der Waals surface area contributed by atoms with Gasteiger partial charge in [0.1, 0.15) is 23.4 Å². The Hall–Kier alpha value is -2.72. The second-order valence-electron chi connectivity index (χ2n) is 6.38. The Bertz CT molecular complexity index is 1010. The van der Waals surface area contributed by atoms with E-state index in [0.29, 0.717) is 12.2 Å². The fourth-order valence-corrected chi connectivity index (χ4v) is 4.90. The van der Waals surface area contributed by atoms with Gasteiger partial charge in [-0.3, -0.25) is 4.79 Å². The van der Waals surface area contributed by atoms with Crippen molar-refractivity contribution in [1.82, 2.24) is 4.31 Å². The van der Waals surface area contributed by atoms with Gasteiger partial charge in [0, 0.05) is 12.6 Å². The van der Waals surface area contributed by atoms with Gasteiger partial charge in [0.2, 0.25) is 15.9 Å². The van der Waals surface area contributed by atoms with Gasteiger partial charge in [0.25, 0.3) is 0 Å². The van der Waals surface area contributed by atoms with Crippen molar-refractivity contribution in [2.24, 2.45) is 0 Å². The summed E-state index contributed by atoms with van der Waals surface area (Å²) in [4.78, 5) is 12.6. The van der Waals surface area contributed by atoms with Crippen molar-refractivity contribution in [1.29, 1.82) is 0 Å². The van der Waals surface area contributed by atoms with Crippen molar-refractivity contribution in [2.45, 2.75) is 23.8 Å². The van der Waals surface area contributed by atoms with Crippen LogP contribution in [0.5, 0.6) is 11.5 Å². The summed E-state index contributed by atoms with van der Waals surface area (Å²) in [6.45, 7) is 0.106. The lowest BCUT2D eigenvalue weighted by Crippen LogP contribution is -2.43. The standard InChI is InChI=1S/C19H20F2N2O5S/c1-27-16-9-8-12(11-17(16)28-2)29(25,26)23-10-4-7-15(23)19(24)22-18-13(20)5-3-6-14(18)21/h3,5-6,8-9,11,15H,4,7,10H2,1-2H3,(H,22,24). The average molecular weight is 426 g/mol. The van der Waals surface area contributed by atoms with E-state index in [4.69, 9.17) is 9.47 Å². The fraction of sp³-hybridized carbons (Fsp3) is 0.316. The maximum Gasteiger partial charge on any atom is 0.243 e. The summed E-state index contributed by atoms with van der Waals surface area (Å²) in [5.41, 5.74) is -0.604. The monoisotopic (exact) mass is 426 g/mol. The zero-order valence-corrected chi connectivity index (χ0v) is 16.6. The molecule has 10 heteroatoms. The molecule has 1 unspecified atom stereocenters. The molecule has 7 nitrogen and oxygen atoms in total. The Morgan fingerprint density at radius 1 is 1.10 bits per heavy atom. The highest BCUT2D eigenvalue weighted by Crippen LogP contribution is 2.33. The molecule has 1 atom stereocenters. The first-order valence-electron chi connectivity index (χ1n) is 8.78. The van der Waals surface area contributed by atoms with Gasteiger partial charge in [-0.15, -0.1) is 0 Å². The number of rotatable bonds is 6. The zero-order valence-electron chi connectivity index (χ0n) is 15.8. The van der Waals surface area contributed by atoms with Gasteiger partial charge in [-0.1, -0.05) is 6.07 Å². The molecule has 2 aromatic rings. The molecule has 0 bridgehead atoms. The van der Waals surface area contributed by atoms with Crippen LogP contribution in [-0.4, -0.2) is 45.4 Å². The van der Waals surface area contributed by atoms with Crippen molar-refractivity contribution in [3.05, 3.63) is 48.0 Å². The van der Waals surface area contributed by atoms with E-state index in [1.54, 1.807) is 0 Å². The molecule has 29 heavy (non-hydrogen) atoms. The van der Waals surface area contributed by atoms with Crippen LogP contribution in [-0.2, 0) is 14.8 Å². The van der Waals surface area contributed by atoms with Gasteiger partial charge < -0.3 is 14.8 Å². The Kier molecular flexibility index (Phi) is 6.04. The number of benzene rings is 2. The van der Waals surface area contributed by atoms with Gasteiger partial charge >= 0.3 is 0 Å². The van der Waals surface area contributed by atoms with Crippen LogP contribution >= 0.6 is 0 Å². The van der Waals surface area contributed by atoms with E-state index < -0.39 is 39.3 Å². The first kappa shape index (κ1) is 21.0. The molecule has 0 saturated carbocycles. The van der Waals surface area contributed by atoms with Crippen molar-refractivity contribution >= 4 is 21.6 Å². The Balaban J connectivity index is 1.89. The van der Waals surface area contributed by atoms with Gasteiger partial charge in [-0.05, 0) is 37.1 Å². The van der Waals surface area contributed by atoms with Crippen LogP contribution < -0.4 is 14.8 Å². The van der Waals surface area contributed by atoms with Crippen molar-refractivity contribution in [2.75, 3.05) is 26.1 Å². The second-order valence-corrected chi connectivity index (χ2v) is 8.27. The number of anilines is 1.